The van der Waals surface area contributed by atoms with Gasteiger partial charge in [0.1, 0.15) is 5.60 Å². The first-order chi connectivity index (χ1) is 7.57. The van der Waals surface area contributed by atoms with Crippen LogP contribution in [-0.4, -0.2) is 28.6 Å². The van der Waals surface area contributed by atoms with Crippen LogP contribution in [0, 0.1) is 5.92 Å². The second kappa shape index (κ2) is 4.35. The van der Waals surface area contributed by atoms with E-state index in [1.54, 1.807) is 18.0 Å². The first-order valence-corrected chi connectivity index (χ1v) is 5.88. The van der Waals surface area contributed by atoms with Gasteiger partial charge in [0.15, 0.2) is 0 Å². The summed E-state index contributed by atoms with van der Waals surface area (Å²) in [7, 11) is 1.64. The van der Waals surface area contributed by atoms with E-state index < -0.39 is 5.60 Å². The zero-order chi connectivity index (χ0) is 11.8. The maximum Gasteiger partial charge on any atom is 0.108 e. The Morgan fingerprint density at radius 2 is 2.38 bits per heavy atom. The summed E-state index contributed by atoms with van der Waals surface area (Å²) >= 11 is 6.10. The van der Waals surface area contributed by atoms with Gasteiger partial charge in [-0.25, -0.2) is 0 Å². The first kappa shape index (κ1) is 11.9. The minimum absolute atomic E-state index is 0.308. The highest BCUT2D eigenvalue weighted by molar-refractivity contribution is 6.31. The van der Waals surface area contributed by atoms with Crippen LogP contribution in [0.25, 0.3) is 0 Å². The van der Waals surface area contributed by atoms with Crippen molar-refractivity contribution in [2.75, 3.05) is 13.7 Å². The third-order valence-corrected chi connectivity index (χ3v) is 3.43. The predicted molar refractivity (Wildman–Crippen MR) is 61.4 cm³/mol. The summed E-state index contributed by atoms with van der Waals surface area (Å²) in [6.07, 6.45) is 3.70. The molecule has 0 aromatic carbocycles. The van der Waals surface area contributed by atoms with E-state index in [2.05, 4.69) is 5.10 Å². The van der Waals surface area contributed by atoms with Crippen LogP contribution in [0.3, 0.4) is 0 Å². The van der Waals surface area contributed by atoms with E-state index in [0.717, 1.165) is 12.8 Å². The molecule has 1 saturated carbocycles. The SMILES string of the molecule is COCCn1ncc(Cl)c1C(C)(O)C1CC1. The molecule has 1 N–H and O–H groups in total. The lowest BCUT2D eigenvalue weighted by Crippen LogP contribution is -2.29. The Balaban J connectivity index is 2.26. The molecule has 0 radical (unpaired) electrons. The summed E-state index contributed by atoms with van der Waals surface area (Å²) in [5.41, 5.74) is -0.157. The maximum absolute atomic E-state index is 10.5. The molecule has 1 fully saturated rings. The lowest BCUT2D eigenvalue weighted by molar-refractivity contribution is 0.0226. The van der Waals surface area contributed by atoms with Gasteiger partial charge in [0.25, 0.3) is 0 Å². The van der Waals surface area contributed by atoms with Crippen LogP contribution in [-0.2, 0) is 16.9 Å². The van der Waals surface area contributed by atoms with Gasteiger partial charge < -0.3 is 9.84 Å². The smallest absolute Gasteiger partial charge is 0.108 e. The molecule has 16 heavy (non-hydrogen) atoms. The van der Waals surface area contributed by atoms with Gasteiger partial charge in [0.2, 0.25) is 0 Å². The lowest BCUT2D eigenvalue weighted by atomic mass is 9.96. The third-order valence-electron chi connectivity index (χ3n) is 3.15. The van der Waals surface area contributed by atoms with Crippen molar-refractivity contribution >= 4 is 11.6 Å². The molecule has 0 spiro atoms. The number of hydrogen-bond donors (Lipinski definition) is 1. The zero-order valence-corrected chi connectivity index (χ0v) is 10.4. The van der Waals surface area contributed by atoms with Crippen LogP contribution in [0.4, 0.5) is 0 Å². The van der Waals surface area contributed by atoms with Crippen molar-refractivity contribution in [1.82, 2.24) is 9.78 Å². The Kier molecular flexibility index (Phi) is 3.24. The molecule has 0 amide bonds. The number of aliphatic hydroxyl groups is 1. The molecule has 1 heterocycles. The minimum Gasteiger partial charge on any atom is -0.384 e. The highest BCUT2D eigenvalue weighted by Gasteiger charge is 2.44. The third kappa shape index (κ3) is 2.10. The average Bonchev–Trinajstić information content (AvgIpc) is 3.01. The molecule has 1 atom stereocenters. The number of aromatic nitrogens is 2. The Labute approximate surface area is 100 Å². The summed E-state index contributed by atoms with van der Waals surface area (Å²) in [6.45, 7) is 2.99. The number of methoxy groups -OCH3 is 1. The van der Waals surface area contributed by atoms with Crippen molar-refractivity contribution in [2.45, 2.75) is 31.9 Å². The minimum atomic E-state index is -0.874. The quantitative estimate of drug-likeness (QED) is 0.859. The summed E-state index contributed by atoms with van der Waals surface area (Å²) in [6, 6.07) is 0. The number of nitrogens with zero attached hydrogens (tertiary/aromatic N) is 2. The van der Waals surface area contributed by atoms with Crippen molar-refractivity contribution in [1.29, 1.82) is 0 Å². The van der Waals surface area contributed by atoms with Gasteiger partial charge in [-0.3, -0.25) is 4.68 Å². The molecule has 90 valence electrons. The first-order valence-electron chi connectivity index (χ1n) is 5.50. The molecule has 0 aliphatic heterocycles. The largest absolute Gasteiger partial charge is 0.384 e. The van der Waals surface area contributed by atoms with Crippen molar-refractivity contribution in [3.05, 3.63) is 16.9 Å². The standard InChI is InChI=1S/C11H17ClN2O2/c1-11(15,8-3-4-8)10-9(12)7-13-14(10)5-6-16-2/h7-8,15H,3-6H2,1-2H3. The fourth-order valence-electron chi connectivity index (χ4n) is 2.05. The van der Waals surface area contributed by atoms with E-state index in [1.807, 2.05) is 6.92 Å². The molecule has 1 aliphatic carbocycles. The second-order valence-electron chi connectivity index (χ2n) is 4.48. The number of hydrogen-bond acceptors (Lipinski definition) is 3. The molecule has 0 saturated heterocycles. The normalized spacial score (nSPS) is 19.8. The highest BCUT2D eigenvalue weighted by Crippen LogP contribution is 2.47. The maximum atomic E-state index is 10.5. The fourth-order valence-corrected chi connectivity index (χ4v) is 2.38. The highest BCUT2D eigenvalue weighted by atomic mass is 35.5. The molecule has 1 aliphatic rings. The van der Waals surface area contributed by atoms with Crippen molar-refractivity contribution in [3.8, 4) is 0 Å². The van der Waals surface area contributed by atoms with E-state index in [0.29, 0.717) is 29.8 Å². The van der Waals surface area contributed by atoms with Crippen LogP contribution in [0.5, 0.6) is 0 Å². The average molecular weight is 245 g/mol. The Bertz CT molecular complexity index is 372. The molecule has 2 rings (SSSR count). The Morgan fingerprint density at radius 1 is 1.69 bits per heavy atom. The van der Waals surface area contributed by atoms with Crippen LogP contribution < -0.4 is 0 Å². The topological polar surface area (TPSA) is 47.3 Å². The Hall–Kier alpha value is -0.580. The van der Waals surface area contributed by atoms with Crippen LogP contribution in [0.15, 0.2) is 6.20 Å². The fraction of sp³-hybridized carbons (Fsp3) is 0.727. The van der Waals surface area contributed by atoms with Gasteiger partial charge >= 0.3 is 0 Å². The van der Waals surface area contributed by atoms with Gasteiger partial charge in [-0.15, -0.1) is 0 Å². The lowest BCUT2D eigenvalue weighted by Gasteiger charge is -2.24. The summed E-state index contributed by atoms with van der Waals surface area (Å²) in [5, 5.41) is 15.2. The van der Waals surface area contributed by atoms with Gasteiger partial charge in [0.05, 0.1) is 30.1 Å². The molecular formula is C11H17ClN2O2. The van der Waals surface area contributed by atoms with Gasteiger partial charge in [-0.1, -0.05) is 11.6 Å². The van der Waals surface area contributed by atoms with Gasteiger partial charge in [-0.05, 0) is 25.7 Å². The molecule has 5 heteroatoms. The number of halogens is 1. The predicted octanol–water partition coefficient (Wildman–Crippen LogP) is 1.80. The van der Waals surface area contributed by atoms with E-state index in [9.17, 15) is 5.11 Å². The summed E-state index contributed by atoms with van der Waals surface area (Å²) in [5.74, 6) is 0.308. The van der Waals surface area contributed by atoms with E-state index >= 15 is 0 Å². The molecule has 4 nitrogen and oxygen atoms in total. The zero-order valence-electron chi connectivity index (χ0n) is 9.61. The second-order valence-corrected chi connectivity index (χ2v) is 4.89. The molecule has 1 unspecified atom stereocenters. The van der Waals surface area contributed by atoms with E-state index in [1.165, 1.54) is 0 Å². The number of rotatable bonds is 5. The molecular weight excluding hydrogens is 228 g/mol. The Morgan fingerprint density at radius 3 is 2.94 bits per heavy atom. The summed E-state index contributed by atoms with van der Waals surface area (Å²) < 4.78 is 6.75. The molecule has 1 aromatic rings. The van der Waals surface area contributed by atoms with Crippen molar-refractivity contribution < 1.29 is 9.84 Å². The van der Waals surface area contributed by atoms with Crippen molar-refractivity contribution in [3.63, 3.8) is 0 Å². The van der Waals surface area contributed by atoms with E-state index in [4.69, 9.17) is 16.3 Å². The van der Waals surface area contributed by atoms with Crippen molar-refractivity contribution in [2.24, 2.45) is 5.92 Å². The molecule has 0 bridgehead atoms. The van der Waals surface area contributed by atoms with Gasteiger partial charge in [-0.2, -0.15) is 5.10 Å². The monoisotopic (exact) mass is 244 g/mol. The van der Waals surface area contributed by atoms with Crippen LogP contribution >= 0.6 is 11.6 Å². The van der Waals surface area contributed by atoms with E-state index in [-0.39, 0.29) is 0 Å². The van der Waals surface area contributed by atoms with Crippen LogP contribution in [0.2, 0.25) is 5.02 Å². The molecule has 1 aromatic heterocycles. The van der Waals surface area contributed by atoms with Gasteiger partial charge in [0, 0.05) is 7.11 Å². The summed E-state index contributed by atoms with van der Waals surface area (Å²) in [4.78, 5) is 0. The number of ether oxygens (including phenoxy) is 1. The van der Waals surface area contributed by atoms with Crippen LogP contribution in [0.1, 0.15) is 25.5 Å².